The highest BCUT2D eigenvalue weighted by atomic mass is 79.9. The predicted molar refractivity (Wildman–Crippen MR) is 117 cm³/mol. The molecule has 0 aliphatic heterocycles. The lowest BCUT2D eigenvalue weighted by molar-refractivity contribution is 0.633. The van der Waals surface area contributed by atoms with Gasteiger partial charge < -0.3 is 4.57 Å². The number of imidazole rings is 1. The third-order valence-electron chi connectivity index (χ3n) is 4.53. The first-order valence-electron chi connectivity index (χ1n) is 9.02. The summed E-state index contributed by atoms with van der Waals surface area (Å²) < 4.78 is 4.74. The Bertz CT molecular complexity index is 1170. The second-order valence-electron chi connectivity index (χ2n) is 6.35. The topological polar surface area (TPSA) is 52.7 Å². The van der Waals surface area contributed by atoms with Gasteiger partial charge in [-0.2, -0.15) is 0 Å². The van der Waals surface area contributed by atoms with E-state index in [1.165, 1.54) is 5.56 Å². The SMILES string of the molecule is CCn1c(SCc2nccn2Cc2ccccc2)nc2ccc(Br)cc2c1=O. The summed E-state index contributed by atoms with van der Waals surface area (Å²) in [4.78, 5) is 22.1. The summed E-state index contributed by atoms with van der Waals surface area (Å²) >= 11 is 4.98. The van der Waals surface area contributed by atoms with Crippen molar-refractivity contribution in [2.24, 2.45) is 0 Å². The summed E-state index contributed by atoms with van der Waals surface area (Å²) in [6.07, 6.45) is 3.80. The maximum absolute atomic E-state index is 12.9. The molecule has 28 heavy (non-hydrogen) atoms. The first kappa shape index (κ1) is 19.0. The smallest absolute Gasteiger partial charge is 0.262 e. The Morgan fingerprint density at radius 1 is 1.14 bits per heavy atom. The van der Waals surface area contributed by atoms with E-state index in [4.69, 9.17) is 4.98 Å². The fourth-order valence-electron chi connectivity index (χ4n) is 3.10. The molecule has 0 radical (unpaired) electrons. The van der Waals surface area contributed by atoms with Gasteiger partial charge in [0.2, 0.25) is 0 Å². The molecule has 4 rings (SSSR count). The van der Waals surface area contributed by atoms with Crippen molar-refractivity contribution in [1.82, 2.24) is 19.1 Å². The lowest BCUT2D eigenvalue weighted by Gasteiger charge is -2.12. The molecular weight excluding hydrogens is 436 g/mol. The lowest BCUT2D eigenvalue weighted by atomic mass is 10.2. The van der Waals surface area contributed by atoms with Gasteiger partial charge in [0.1, 0.15) is 5.82 Å². The Hall–Kier alpha value is -2.38. The number of rotatable bonds is 6. The van der Waals surface area contributed by atoms with Crippen molar-refractivity contribution in [2.45, 2.75) is 30.9 Å². The summed E-state index contributed by atoms with van der Waals surface area (Å²) in [6, 6.07) is 15.9. The molecule has 142 valence electrons. The molecule has 2 aromatic carbocycles. The highest BCUT2D eigenvalue weighted by molar-refractivity contribution is 9.10. The van der Waals surface area contributed by atoms with Crippen LogP contribution in [0.25, 0.3) is 10.9 Å². The molecular formula is C21H19BrN4OS. The summed E-state index contributed by atoms with van der Waals surface area (Å²) in [5, 5.41) is 1.35. The van der Waals surface area contributed by atoms with Crippen LogP contribution < -0.4 is 5.56 Å². The summed E-state index contributed by atoms with van der Waals surface area (Å²) in [5.74, 6) is 1.61. The van der Waals surface area contributed by atoms with E-state index in [0.717, 1.165) is 22.0 Å². The number of thioether (sulfide) groups is 1. The van der Waals surface area contributed by atoms with Crippen molar-refractivity contribution in [2.75, 3.05) is 0 Å². The fraction of sp³-hybridized carbons (Fsp3) is 0.190. The number of halogens is 1. The molecule has 2 aromatic heterocycles. The van der Waals surface area contributed by atoms with Gasteiger partial charge in [-0.1, -0.05) is 58.0 Å². The number of fused-ring (bicyclic) bond motifs is 1. The van der Waals surface area contributed by atoms with Crippen LogP contribution >= 0.6 is 27.7 Å². The first-order valence-corrected chi connectivity index (χ1v) is 10.8. The molecule has 5 nitrogen and oxygen atoms in total. The average molecular weight is 455 g/mol. The Morgan fingerprint density at radius 3 is 2.75 bits per heavy atom. The number of aromatic nitrogens is 4. The molecule has 0 atom stereocenters. The van der Waals surface area contributed by atoms with Crippen LogP contribution in [0.1, 0.15) is 18.3 Å². The van der Waals surface area contributed by atoms with Gasteiger partial charge in [-0.05, 0) is 30.7 Å². The molecule has 0 bridgehead atoms. The third kappa shape index (κ3) is 3.91. The van der Waals surface area contributed by atoms with Crippen molar-refractivity contribution in [1.29, 1.82) is 0 Å². The molecule has 0 N–H and O–H groups in total. The molecule has 0 aliphatic rings. The van der Waals surface area contributed by atoms with E-state index >= 15 is 0 Å². The monoisotopic (exact) mass is 454 g/mol. The van der Waals surface area contributed by atoms with E-state index in [0.29, 0.717) is 23.2 Å². The molecule has 0 unspecified atom stereocenters. The lowest BCUT2D eigenvalue weighted by Crippen LogP contribution is -2.22. The van der Waals surface area contributed by atoms with Gasteiger partial charge in [0.25, 0.3) is 5.56 Å². The van der Waals surface area contributed by atoms with Crippen molar-refractivity contribution < 1.29 is 0 Å². The molecule has 4 aromatic rings. The van der Waals surface area contributed by atoms with Crippen molar-refractivity contribution >= 4 is 38.6 Å². The van der Waals surface area contributed by atoms with E-state index in [2.05, 4.69) is 37.6 Å². The molecule has 2 heterocycles. The van der Waals surface area contributed by atoms with Crippen LogP contribution in [0.4, 0.5) is 0 Å². The minimum Gasteiger partial charge on any atom is -0.330 e. The summed E-state index contributed by atoms with van der Waals surface area (Å²) in [6.45, 7) is 3.32. The van der Waals surface area contributed by atoms with Crippen molar-refractivity contribution in [3.63, 3.8) is 0 Å². The largest absolute Gasteiger partial charge is 0.330 e. The van der Waals surface area contributed by atoms with Crippen LogP contribution in [0.5, 0.6) is 0 Å². The molecule has 0 saturated carbocycles. The molecule has 0 saturated heterocycles. The van der Waals surface area contributed by atoms with Gasteiger partial charge in [0.15, 0.2) is 5.16 Å². The van der Waals surface area contributed by atoms with Crippen LogP contribution in [0.3, 0.4) is 0 Å². The second kappa shape index (κ2) is 8.32. The quantitative estimate of drug-likeness (QED) is 0.312. The molecule has 0 fully saturated rings. The highest BCUT2D eigenvalue weighted by Crippen LogP contribution is 2.23. The van der Waals surface area contributed by atoms with Gasteiger partial charge in [-0.3, -0.25) is 9.36 Å². The van der Waals surface area contributed by atoms with Crippen LogP contribution in [0.15, 0.2) is 75.3 Å². The molecule has 0 aliphatic carbocycles. The Labute approximate surface area is 175 Å². The van der Waals surface area contributed by atoms with Crippen molar-refractivity contribution in [3.05, 3.63) is 87.1 Å². The zero-order valence-electron chi connectivity index (χ0n) is 15.4. The molecule has 0 spiro atoms. The number of benzene rings is 2. The fourth-order valence-corrected chi connectivity index (χ4v) is 4.49. The Kier molecular flexibility index (Phi) is 5.64. The Morgan fingerprint density at radius 2 is 1.96 bits per heavy atom. The number of nitrogens with zero attached hydrogens (tertiary/aromatic N) is 4. The van der Waals surface area contributed by atoms with Crippen molar-refractivity contribution in [3.8, 4) is 0 Å². The van der Waals surface area contributed by atoms with E-state index in [-0.39, 0.29) is 5.56 Å². The van der Waals surface area contributed by atoms with E-state index in [1.54, 1.807) is 16.3 Å². The normalized spacial score (nSPS) is 11.2. The highest BCUT2D eigenvalue weighted by Gasteiger charge is 2.13. The van der Waals surface area contributed by atoms with Gasteiger partial charge in [-0.25, -0.2) is 9.97 Å². The standard InChI is InChI=1S/C21H19BrN4OS/c1-2-26-20(27)17-12-16(22)8-9-18(17)24-21(26)28-14-19-23-10-11-25(19)13-15-6-4-3-5-7-15/h3-12H,2,13-14H2,1H3. The van der Waals surface area contributed by atoms with Gasteiger partial charge in [0.05, 0.1) is 16.7 Å². The van der Waals surface area contributed by atoms with Crippen LogP contribution in [0.2, 0.25) is 0 Å². The van der Waals surface area contributed by atoms with E-state index in [9.17, 15) is 4.79 Å². The zero-order chi connectivity index (χ0) is 19.5. The maximum Gasteiger partial charge on any atom is 0.262 e. The van der Waals surface area contributed by atoms with E-state index < -0.39 is 0 Å². The zero-order valence-corrected chi connectivity index (χ0v) is 17.8. The maximum atomic E-state index is 12.9. The minimum absolute atomic E-state index is 0.0103. The minimum atomic E-state index is -0.0103. The van der Waals surface area contributed by atoms with Crippen LogP contribution in [-0.4, -0.2) is 19.1 Å². The third-order valence-corrected chi connectivity index (χ3v) is 5.99. The van der Waals surface area contributed by atoms with Gasteiger partial charge in [-0.15, -0.1) is 0 Å². The number of hydrogen-bond donors (Lipinski definition) is 0. The van der Waals surface area contributed by atoms with Gasteiger partial charge >= 0.3 is 0 Å². The molecule has 0 amide bonds. The summed E-state index contributed by atoms with van der Waals surface area (Å²) in [5.41, 5.74) is 1.93. The average Bonchev–Trinajstić information content (AvgIpc) is 3.15. The summed E-state index contributed by atoms with van der Waals surface area (Å²) in [7, 11) is 0. The predicted octanol–water partition coefficient (Wildman–Crippen LogP) is 4.72. The second-order valence-corrected chi connectivity index (χ2v) is 8.21. The van der Waals surface area contributed by atoms with Gasteiger partial charge in [0, 0.05) is 30.0 Å². The van der Waals surface area contributed by atoms with E-state index in [1.807, 2.05) is 55.7 Å². The first-order chi connectivity index (χ1) is 13.7. The van der Waals surface area contributed by atoms with Crippen LogP contribution in [0, 0.1) is 0 Å². The Balaban J connectivity index is 1.61. The number of hydrogen-bond acceptors (Lipinski definition) is 4. The molecule has 7 heteroatoms. The van der Waals surface area contributed by atoms with Crippen LogP contribution in [-0.2, 0) is 18.8 Å².